The van der Waals surface area contributed by atoms with Crippen molar-refractivity contribution in [3.05, 3.63) is 93.4 Å². The van der Waals surface area contributed by atoms with Crippen LogP contribution in [0, 0.1) is 13.8 Å². The third-order valence-electron chi connectivity index (χ3n) is 6.14. The fourth-order valence-corrected chi connectivity index (χ4v) is 4.39. The number of carbonyl (C=O) groups excluding carboxylic acids is 1. The molecule has 0 spiro atoms. The predicted molar refractivity (Wildman–Crippen MR) is 120 cm³/mol. The van der Waals surface area contributed by atoms with E-state index in [0.717, 1.165) is 11.1 Å². The van der Waals surface area contributed by atoms with Crippen molar-refractivity contribution in [2.45, 2.75) is 32.9 Å². The molecule has 1 N–H and O–H groups in total. The van der Waals surface area contributed by atoms with Crippen molar-refractivity contribution in [2.24, 2.45) is 0 Å². The number of aromatic nitrogens is 2. The van der Waals surface area contributed by atoms with Crippen LogP contribution in [0.4, 0.5) is 0 Å². The van der Waals surface area contributed by atoms with Gasteiger partial charge in [0.15, 0.2) is 5.43 Å². The Morgan fingerprint density at radius 1 is 1.09 bits per heavy atom. The molecule has 1 unspecified atom stereocenters. The van der Waals surface area contributed by atoms with Crippen LogP contribution in [0.3, 0.4) is 0 Å². The summed E-state index contributed by atoms with van der Waals surface area (Å²) in [6.45, 7) is 5.01. The first-order valence-corrected chi connectivity index (χ1v) is 10.6. The van der Waals surface area contributed by atoms with E-state index in [1.54, 1.807) is 35.6 Å². The zero-order valence-electron chi connectivity index (χ0n) is 17.9. The van der Waals surface area contributed by atoms with Gasteiger partial charge in [0, 0.05) is 25.5 Å². The molecular formula is C25H23N3O4. The highest BCUT2D eigenvalue weighted by Gasteiger charge is 2.42. The molecule has 0 bridgehead atoms. The molecule has 1 amide bonds. The largest absolute Gasteiger partial charge is 0.508 e. The standard InChI is InChI=1S/C25H23N3O4/c1-15-11-19-20(12-16(15)2)32-24-21(23(19)30)22(17-5-3-6-18(29)13-17)28(25(24)31)9-4-8-27-10-7-26-14-27/h3,5-7,10-14,22,29H,4,8-9H2,1-2H3. The maximum absolute atomic E-state index is 13.6. The fraction of sp³-hybridized carbons (Fsp3) is 0.240. The molecule has 0 aliphatic carbocycles. The zero-order valence-corrected chi connectivity index (χ0v) is 17.9. The van der Waals surface area contributed by atoms with E-state index in [4.69, 9.17) is 4.42 Å². The van der Waals surface area contributed by atoms with Gasteiger partial charge in [-0.15, -0.1) is 0 Å². The second-order valence-electron chi connectivity index (χ2n) is 8.26. The first kappa shape index (κ1) is 20.1. The summed E-state index contributed by atoms with van der Waals surface area (Å²) in [5.41, 5.74) is 3.20. The molecule has 2 aromatic carbocycles. The summed E-state index contributed by atoms with van der Waals surface area (Å²) < 4.78 is 7.97. The third-order valence-corrected chi connectivity index (χ3v) is 6.14. The van der Waals surface area contributed by atoms with Crippen molar-refractivity contribution >= 4 is 16.9 Å². The van der Waals surface area contributed by atoms with Gasteiger partial charge in [0.1, 0.15) is 11.3 Å². The maximum atomic E-state index is 13.6. The maximum Gasteiger partial charge on any atom is 0.290 e. The Bertz CT molecular complexity index is 1390. The van der Waals surface area contributed by atoms with Crippen LogP contribution in [-0.2, 0) is 6.54 Å². The summed E-state index contributed by atoms with van der Waals surface area (Å²) in [4.78, 5) is 32.7. The molecule has 1 aliphatic heterocycles. The lowest BCUT2D eigenvalue weighted by Crippen LogP contribution is -2.31. The number of imidazole rings is 1. The molecule has 4 aromatic rings. The quantitative estimate of drug-likeness (QED) is 0.519. The Kier molecular flexibility index (Phi) is 4.81. The number of benzene rings is 2. The number of rotatable bonds is 5. The first-order valence-electron chi connectivity index (χ1n) is 10.6. The summed E-state index contributed by atoms with van der Waals surface area (Å²) in [7, 11) is 0. The highest BCUT2D eigenvalue weighted by Crippen LogP contribution is 2.39. The molecule has 0 saturated carbocycles. The number of aryl methyl sites for hydroxylation is 3. The van der Waals surface area contributed by atoms with Gasteiger partial charge in [-0.1, -0.05) is 12.1 Å². The molecule has 0 fully saturated rings. The average Bonchev–Trinajstić information content (AvgIpc) is 3.37. The van der Waals surface area contributed by atoms with E-state index in [2.05, 4.69) is 4.98 Å². The second-order valence-corrected chi connectivity index (χ2v) is 8.26. The molecule has 7 heteroatoms. The van der Waals surface area contributed by atoms with Gasteiger partial charge in [-0.05, 0) is 61.2 Å². The van der Waals surface area contributed by atoms with E-state index in [0.29, 0.717) is 41.6 Å². The Morgan fingerprint density at radius 3 is 2.66 bits per heavy atom. The van der Waals surface area contributed by atoms with E-state index < -0.39 is 6.04 Å². The highest BCUT2D eigenvalue weighted by atomic mass is 16.3. The number of amides is 1. The summed E-state index contributed by atoms with van der Waals surface area (Å²) in [6.07, 6.45) is 5.99. The molecule has 5 rings (SSSR count). The minimum atomic E-state index is -0.616. The van der Waals surface area contributed by atoms with Gasteiger partial charge in [-0.2, -0.15) is 0 Å². The molecule has 3 heterocycles. The van der Waals surface area contributed by atoms with Crippen LogP contribution in [0.5, 0.6) is 5.75 Å². The Hall–Kier alpha value is -3.87. The van der Waals surface area contributed by atoms with E-state index >= 15 is 0 Å². The Labute approximate surface area is 184 Å². The van der Waals surface area contributed by atoms with Gasteiger partial charge < -0.3 is 19.0 Å². The van der Waals surface area contributed by atoms with E-state index in [-0.39, 0.29) is 22.8 Å². The first-order chi connectivity index (χ1) is 15.4. The molecule has 162 valence electrons. The van der Waals surface area contributed by atoms with Gasteiger partial charge in [0.2, 0.25) is 5.76 Å². The van der Waals surface area contributed by atoms with Crippen LogP contribution < -0.4 is 5.43 Å². The third kappa shape index (κ3) is 3.26. The number of aromatic hydroxyl groups is 1. The minimum absolute atomic E-state index is 0.0819. The number of phenols is 1. The molecule has 0 radical (unpaired) electrons. The lowest BCUT2D eigenvalue weighted by atomic mass is 9.97. The molecular weight excluding hydrogens is 406 g/mol. The summed E-state index contributed by atoms with van der Waals surface area (Å²) in [5, 5.41) is 10.5. The summed E-state index contributed by atoms with van der Waals surface area (Å²) in [6, 6.07) is 9.72. The Balaban J connectivity index is 1.63. The van der Waals surface area contributed by atoms with Gasteiger partial charge >= 0.3 is 0 Å². The van der Waals surface area contributed by atoms with E-state index in [9.17, 15) is 14.7 Å². The molecule has 7 nitrogen and oxygen atoms in total. The number of hydrogen-bond acceptors (Lipinski definition) is 5. The number of fused-ring (bicyclic) bond motifs is 2. The average molecular weight is 429 g/mol. The molecule has 0 saturated heterocycles. The molecule has 1 atom stereocenters. The highest BCUT2D eigenvalue weighted by molar-refractivity contribution is 5.99. The zero-order chi connectivity index (χ0) is 22.4. The van der Waals surface area contributed by atoms with Crippen LogP contribution >= 0.6 is 0 Å². The lowest BCUT2D eigenvalue weighted by Gasteiger charge is -2.25. The lowest BCUT2D eigenvalue weighted by molar-refractivity contribution is 0.0723. The fourth-order valence-electron chi connectivity index (χ4n) is 4.39. The van der Waals surface area contributed by atoms with Crippen LogP contribution in [0.1, 0.15) is 45.3 Å². The van der Waals surface area contributed by atoms with Gasteiger partial charge in [0.25, 0.3) is 5.91 Å². The van der Waals surface area contributed by atoms with Crippen LogP contribution in [0.2, 0.25) is 0 Å². The van der Waals surface area contributed by atoms with Crippen molar-refractivity contribution in [1.82, 2.24) is 14.5 Å². The van der Waals surface area contributed by atoms with Crippen molar-refractivity contribution in [3.8, 4) is 5.75 Å². The minimum Gasteiger partial charge on any atom is -0.508 e. The number of phenolic OH excluding ortho intramolecular Hbond substituents is 1. The van der Waals surface area contributed by atoms with E-state index in [1.807, 2.05) is 42.8 Å². The molecule has 2 aromatic heterocycles. The van der Waals surface area contributed by atoms with Gasteiger partial charge in [-0.3, -0.25) is 9.59 Å². The van der Waals surface area contributed by atoms with Crippen molar-refractivity contribution < 1.29 is 14.3 Å². The van der Waals surface area contributed by atoms with Crippen molar-refractivity contribution in [3.63, 3.8) is 0 Å². The number of carbonyl (C=O) groups is 1. The van der Waals surface area contributed by atoms with E-state index in [1.165, 1.54) is 0 Å². The summed E-state index contributed by atoms with van der Waals surface area (Å²) >= 11 is 0. The number of nitrogens with zero attached hydrogens (tertiary/aromatic N) is 3. The monoisotopic (exact) mass is 429 g/mol. The molecule has 32 heavy (non-hydrogen) atoms. The SMILES string of the molecule is Cc1cc2oc3c(c(=O)c2cc1C)C(c1cccc(O)c1)N(CCCn1ccnc1)C3=O. The second kappa shape index (κ2) is 7.67. The smallest absolute Gasteiger partial charge is 0.290 e. The van der Waals surface area contributed by atoms with Crippen LogP contribution in [-0.4, -0.2) is 32.0 Å². The van der Waals surface area contributed by atoms with Crippen molar-refractivity contribution in [2.75, 3.05) is 6.54 Å². The predicted octanol–water partition coefficient (Wildman–Crippen LogP) is 3.95. The van der Waals surface area contributed by atoms with Crippen LogP contribution in [0.25, 0.3) is 11.0 Å². The Morgan fingerprint density at radius 2 is 1.91 bits per heavy atom. The van der Waals surface area contributed by atoms with Gasteiger partial charge in [-0.25, -0.2) is 4.98 Å². The summed E-state index contributed by atoms with van der Waals surface area (Å²) in [5.74, 6) is -0.142. The van der Waals surface area contributed by atoms with Crippen LogP contribution in [0.15, 0.2) is 64.3 Å². The number of hydrogen-bond donors (Lipinski definition) is 1. The topological polar surface area (TPSA) is 88.6 Å². The molecule has 1 aliphatic rings. The normalized spacial score (nSPS) is 15.5. The van der Waals surface area contributed by atoms with Crippen molar-refractivity contribution in [1.29, 1.82) is 0 Å². The van der Waals surface area contributed by atoms with Gasteiger partial charge in [0.05, 0.1) is 23.3 Å².